The number of hydrogen-bond donors (Lipinski definition) is 0. The molecule has 0 aromatic carbocycles. The Morgan fingerprint density at radius 1 is 1.53 bits per heavy atom. The van der Waals surface area contributed by atoms with Gasteiger partial charge < -0.3 is 13.9 Å². The molecule has 0 spiro atoms. The summed E-state index contributed by atoms with van der Waals surface area (Å²) in [6.07, 6.45) is 1.20. The van der Waals surface area contributed by atoms with Gasteiger partial charge in [0.15, 0.2) is 0 Å². The molecule has 2 heterocycles. The van der Waals surface area contributed by atoms with Crippen LogP contribution in [0, 0.1) is 6.92 Å². The first-order valence-electron chi connectivity index (χ1n) is 5.01. The predicted octanol–water partition coefficient (Wildman–Crippen LogP) is 1.81. The first kappa shape index (κ1) is 10.2. The van der Waals surface area contributed by atoms with Crippen LogP contribution in [0.5, 0.6) is 5.75 Å². The van der Waals surface area contributed by atoms with Gasteiger partial charge in [-0.05, 0) is 13.3 Å². The molecule has 2 atom stereocenters. The Labute approximate surface area is 87.8 Å². The predicted molar refractivity (Wildman–Crippen MR) is 54.2 cm³/mol. The topological polar surface area (TPSA) is 52.0 Å². The van der Waals surface area contributed by atoms with Crippen molar-refractivity contribution in [1.82, 2.24) is 0 Å². The number of methoxy groups -OCH3 is 1. The third kappa shape index (κ3) is 1.77. The Balaban J connectivity index is 2.42. The lowest BCUT2D eigenvalue weighted by Gasteiger charge is -2.07. The molecule has 1 aromatic heterocycles. The highest BCUT2D eigenvalue weighted by Gasteiger charge is 2.42. The molecule has 1 aromatic rings. The molecule has 1 saturated heterocycles. The molecule has 0 amide bonds. The minimum atomic E-state index is -0.387. The SMILES string of the molecule is CCC1OC1c1c(OC)cc(=O)oc1C. The van der Waals surface area contributed by atoms with Crippen LogP contribution in [-0.4, -0.2) is 13.2 Å². The summed E-state index contributed by atoms with van der Waals surface area (Å²) in [5, 5.41) is 0. The molecule has 0 aliphatic carbocycles. The Hall–Kier alpha value is -1.29. The summed E-state index contributed by atoms with van der Waals surface area (Å²) in [4.78, 5) is 11.1. The van der Waals surface area contributed by atoms with Crippen LogP contribution in [0.4, 0.5) is 0 Å². The van der Waals surface area contributed by atoms with Crippen LogP contribution in [0.25, 0.3) is 0 Å². The number of hydrogen-bond acceptors (Lipinski definition) is 4. The zero-order valence-corrected chi connectivity index (χ0v) is 9.07. The van der Waals surface area contributed by atoms with Gasteiger partial charge in [0.25, 0.3) is 0 Å². The van der Waals surface area contributed by atoms with E-state index < -0.39 is 0 Å². The third-order valence-corrected chi connectivity index (χ3v) is 2.64. The van der Waals surface area contributed by atoms with Crippen molar-refractivity contribution in [3.8, 4) is 5.75 Å². The summed E-state index contributed by atoms with van der Waals surface area (Å²) in [6, 6.07) is 1.36. The first-order valence-corrected chi connectivity index (χ1v) is 5.01. The zero-order valence-electron chi connectivity index (χ0n) is 9.07. The maximum Gasteiger partial charge on any atom is 0.339 e. The highest BCUT2D eigenvalue weighted by Crippen LogP contribution is 2.45. The fraction of sp³-hybridized carbons (Fsp3) is 0.545. The minimum absolute atomic E-state index is 0.0225. The molecule has 4 nitrogen and oxygen atoms in total. The van der Waals surface area contributed by atoms with E-state index in [0.29, 0.717) is 11.5 Å². The molecule has 0 N–H and O–H groups in total. The van der Waals surface area contributed by atoms with Gasteiger partial charge >= 0.3 is 5.63 Å². The normalized spacial score (nSPS) is 23.9. The monoisotopic (exact) mass is 210 g/mol. The van der Waals surface area contributed by atoms with Crippen molar-refractivity contribution < 1.29 is 13.9 Å². The summed E-state index contributed by atoms with van der Waals surface area (Å²) in [7, 11) is 1.54. The van der Waals surface area contributed by atoms with Crippen LogP contribution in [0.1, 0.15) is 30.8 Å². The molecule has 1 aliphatic heterocycles. The average Bonchev–Trinajstić information content (AvgIpc) is 2.95. The second kappa shape index (κ2) is 3.70. The Bertz CT molecular complexity index is 421. The summed E-state index contributed by atoms with van der Waals surface area (Å²) in [6.45, 7) is 3.82. The van der Waals surface area contributed by atoms with Crippen LogP contribution in [0.2, 0.25) is 0 Å². The molecular weight excluding hydrogens is 196 g/mol. The van der Waals surface area contributed by atoms with Crippen molar-refractivity contribution in [2.24, 2.45) is 0 Å². The maximum absolute atomic E-state index is 11.1. The van der Waals surface area contributed by atoms with E-state index in [4.69, 9.17) is 13.9 Å². The average molecular weight is 210 g/mol. The highest BCUT2D eigenvalue weighted by atomic mass is 16.6. The molecule has 1 aliphatic rings. The lowest BCUT2D eigenvalue weighted by Crippen LogP contribution is -2.05. The molecular formula is C11H14O4. The molecule has 0 radical (unpaired) electrons. The molecule has 2 rings (SSSR count). The molecule has 0 saturated carbocycles. The molecule has 0 bridgehead atoms. The van der Waals surface area contributed by atoms with Crippen molar-refractivity contribution in [1.29, 1.82) is 0 Å². The second-order valence-electron chi connectivity index (χ2n) is 3.61. The lowest BCUT2D eigenvalue weighted by atomic mass is 10.1. The second-order valence-corrected chi connectivity index (χ2v) is 3.61. The molecule has 15 heavy (non-hydrogen) atoms. The van der Waals surface area contributed by atoms with E-state index in [2.05, 4.69) is 6.92 Å². The van der Waals surface area contributed by atoms with Gasteiger partial charge in [0.1, 0.15) is 17.6 Å². The van der Waals surface area contributed by atoms with E-state index in [0.717, 1.165) is 12.0 Å². The van der Waals surface area contributed by atoms with Crippen LogP contribution in [0.15, 0.2) is 15.3 Å². The summed E-state index contributed by atoms with van der Waals surface area (Å²) >= 11 is 0. The smallest absolute Gasteiger partial charge is 0.339 e. The summed E-state index contributed by atoms with van der Waals surface area (Å²) in [5.41, 5.74) is 0.478. The van der Waals surface area contributed by atoms with Gasteiger partial charge in [0.05, 0.1) is 24.8 Å². The molecule has 1 fully saturated rings. The fourth-order valence-corrected chi connectivity index (χ4v) is 1.81. The van der Waals surface area contributed by atoms with E-state index in [1.807, 2.05) is 0 Å². The Morgan fingerprint density at radius 2 is 2.27 bits per heavy atom. The van der Waals surface area contributed by atoms with Crippen molar-refractivity contribution >= 4 is 0 Å². The number of aryl methyl sites for hydroxylation is 1. The molecule has 2 unspecified atom stereocenters. The van der Waals surface area contributed by atoms with Gasteiger partial charge in [-0.3, -0.25) is 0 Å². The van der Waals surface area contributed by atoms with E-state index in [1.165, 1.54) is 6.07 Å². The van der Waals surface area contributed by atoms with Crippen molar-refractivity contribution in [2.45, 2.75) is 32.5 Å². The standard InChI is InChI=1S/C11H14O4/c1-4-7-11(15-7)10-6(2)14-9(12)5-8(10)13-3/h5,7,11H,4H2,1-3H3. The van der Waals surface area contributed by atoms with Gasteiger partial charge in [-0.2, -0.15) is 0 Å². The quantitative estimate of drug-likeness (QED) is 0.714. The van der Waals surface area contributed by atoms with Crippen LogP contribution < -0.4 is 10.4 Å². The van der Waals surface area contributed by atoms with E-state index >= 15 is 0 Å². The molecule has 4 heteroatoms. The lowest BCUT2D eigenvalue weighted by molar-refractivity contribution is 0.347. The van der Waals surface area contributed by atoms with Crippen molar-refractivity contribution in [3.63, 3.8) is 0 Å². The Kier molecular flexibility index (Phi) is 2.52. The van der Waals surface area contributed by atoms with Crippen LogP contribution >= 0.6 is 0 Å². The number of rotatable bonds is 3. The van der Waals surface area contributed by atoms with E-state index in [1.54, 1.807) is 14.0 Å². The van der Waals surface area contributed by atoms with Gasteiger partial charge in [0, 0.05) is 0 Å². The van der Waals surface area contributed by atoms with Crippen molar-refractivity contribution in [3.05, 3.63) is 27.8 Å². The van der Waals surface area contributed by atoms with Crippen LogP contribution in [-0.2, 0) is 4.74 Å². The Morgan fingerprint density at radius 3 is 2.80 bits per heavy atom. The highest BCUT2D eigenvalue weighted by molar-refractivity contribution is 5.38. The van der Waals surface area contributed by atoms with Gasteiger partial charge in [-0.15, -0.1) is 0 Å². The molecule has 82 valence electrons. The summed E-state index contributed by atoms with van der Waals surface area (Å²) in [5.74, 6) is 1.14. The van der Waals surface area contributed by atoms with Gasteiger partial charge in [-0.25, -0.2) is 4.79 Å². The fourth-order valence-electron chi connectivity index (χ4n) is 1.81. The zero-order chi connectivity index (χ0) is 11.0. The first-order chi connectivity index (χ1) is 7.17. The van der Waals surface area contributed by atoms with Crippen LogP contribution in [0.3, 0.4) is 0 Å². The van der Waals surface area contributed by atoms with E-state index in [9.17, 15) is 4.79 Å². The van der Waals surface area contributed by atoms with Crippen molar-refractivity contribution in [2.75, 3.05) is 7.11 Å². The largest absolute Gasteiger partial charge is 0.496 e. The summed E-state index contributed by atoms with van der Waals surface area (Å²) < 4.78 is 15.7. The minimum Gasteiger partial charge on any atom is -0.496 e. The number of epoxide rings is 1. The van der Waals surface area contributed by atoms with Gasteiger partial charge in [-0.1, -0.05) is 6.92 Å². The van der Waals surface area contributed by atoms with E-state index in [-0.39, 0.29) is 17.8 Å². The van der Waals surface area contributed by atoms with Gasteiger partial charge in [0.2, 0.25) is 0 Å². The third-order valence-electron chi connectivity index (χ3n) is 2.64. The maximum atomic E-state index is 11.1. The number of ether oxygens (including phenoxy) is 2.